The van der Waals surface area contributed by atoms with E-state index in [4.69, 9.17) is 10.4 Å². The van der Waals surface area contributed by atoms with Crippen LogP contribution in [0.1, 0.15) is 24.0 Å². The maximum absolute atomic E-state index is 12.4. The monoisotopic (exact) mass is 314 g/mol. The molecule has 0 saturated carbocycles. The number of carboxylic acid groups (broad SMARTS) is 1. The van der Waals surface area contributed by atoms with Crippen molar-refractivity contribution < 1.29 is 27.9 Å². The quantitative estimate of drug-likeness (QED) is 0.841. The lowest BCUT2D eigenvalue weighted by atomic mass is 10.1. The number of benzene rings is 1. The van der Waals surface area contributed by atoms with Crippen LogP contribution >= 0.6 is 0 Å². The van der Waals surface area contributed by atoms with Crippen molar-refractivity contribution in [1.29, 1.82) is 5.26 Å². The van der Waals surface area contributed by atoms with E-state index in [9.17, 15) is 22.8 Å². The number of aliphatic carboxylic acids is 1. The largest absolute Gasteiger partial charge is 0.480 e. The van der Waals surface area contributed by atoms with Gasteiger partial charge in [0.2, 0.25) is 5.91 Å². The fourth-order valence-corrected chi connectivity index (χ4v) is 1.71. The molecular weight excluding hydrogens is 301 g/mol. The van der Waals surface area contributed by atoms with Gasteiger partial charge in [-0.1, -0.05) is 12.1 Å². The van der Waals surface area contributed by atoms with Gasteiger partial charge in [-0.3, -0.25) is 4.79 Å². The van der Waals surface area contributed by atoms with Gasteiger partial charge >= 0.3 is 12.1 Å². The molecule has 1 aromatic carbocycles. The fourth-order valence-electron chi connectivity index (χ4n) is 1.71. The molecule has 1 rings (SSSR count). The second-order valence-corrected chi connectivity index (χ2v) is 4.53. The van der Waals surface area contributed by atoms with Crippen molar-refractivity contribution in [3.8, 4) is 6.07 Å². The van der Waals surface area contributed by atoms with Crippen LogP contribution in [0.5, 0.6) is 0 Å². The Bertz CT molecular complexity index is 576. The first-order valence-corrected chi connectivity index (χ1v) is 6.29. The molecule has 118 valence electrons. The van der Waals surface area contributed by atoms with E-state index in [1.165, 1.54) is 0 Å². The van der Waals surface area contributed by atoms with Crippen LogP contribution in [-0.2, 0) is 22.2 Å². The second kappa shape index (κ2) is 7.45. The Kier molecular flexibility index (Phi) is 5.92. The number of carbonyl (C=O) groups is 2. The zero-order valence-electron chi connectivity index (χ0n) is 11.4. The van der Waals surface area contributed by atoms with E-state index in [1.807, 2.05) is 0 Å². The van der Waals surface area contributed by atoms with Gasteiger partial charge in [0, 0.05) is 6.42 Å². The number of hydrogen-bond donors (Lipinski definition) is 2. The molecule has 8 heteroatoms. The number of halogens is 3. The summed E-state index contributed by atoms with van der Waals surface area (Å²) in [6.45, 7) is 0. The molecule has 0 fully saturated rings. The molecule has 5 nitrogen and oxygen atoms in total. The number of rotatable bonds is 6. The molecule has 0 heterocycles. The van der Waals surface area contributed by atoms with Gasteiger partial charge in [0.05, 0.1) is 18.1 Å². The number of nitrogens with one attached hydrogen (secondary N) is 1. The van der Waals surface area contributed by atoms with Crippen molar-refractivity contribution in [2.45, 2.75) is 31.5 Å². The van der Waals surface area contributed by atoms with Crippen molar-refractivity contribution in [1.82, 2.24) is 5.32 Å². The van der Waals surface area contributed by atoms with Crippen LogP contribution < -0.4 is 5.32 Å². The highest BCUT2D eigenvalue weighted by atomic mass is 19.4. The molecule has 0 aliphatic carbocycles. The summed E-state index contributed by atoms with van der Waals surface area (Å²) in [4.78, 5) is 22.6. The first-order valence-electron chi connectivity index (χ1n) is 6.29. The number of amides is 1. The molecule has 0 spiro atoms. The average Bonchev–Trinajstić information content (AvgIpc) is 2.42. The molecule has 0 unspecified atom stereocenters. The summed E-state index contributed by atoms with van der Waals surface area (Å²) >= 11 is 0. The number of carbonyl (C=O) groups excluding carboxylic acids is 1. The van der Waals surface area contributed by atoms with Crippen LogP contribution in [0.25, 0.3) is 0 Å². The summed E-state index contributed by atoms with van der Waals surface area (Å²) in [5.74, 6) is -1.90. The highest BCUT2D eigenvalue weighted by Crippen LogP contribution is 2.29. The SMILES string of the molecule is N#CCC[C@@H](NC(=O)Cc1ccc(C(F)(F)F)cc1)C(=O)O. The molecule has 0 aromatic heterocycles. The predicted octanol–water partition coefficient (Wildman–Crippen LogP) is 2.12. The Morgan fingerprint density at radius 3 is 2.32 bits per heavy atom. The minimum atomic E-state index is -4.45. The van der Waals surface area contributed by atoms with Gasteiger partial charge in [0.15, 0.2) is 0 Å². The Hall–Kier alpha value is -2.56. The maximum Gasteiger partial charge on any atom is 0.416 e. The zero-order chi connectivity index (χ0) is 16.8. The number of carboxylic acids is 1. The number of alkyl halides is 3. The van der Waals surface area contributed by atoms with Crippen LogP contribution in [0.2, 0.25) is 0 Å². The molecule has 0 saturated heterocycles. The molecule has 0 aliphatic rings. The van der Waals surface area contributed by atoms with Crippen molar-refractivity contribution >= 4 is 11.9 Å². The maximum atomic E-state index is 12.4. The summed E-state index contributed by atoms with van der Waals surface area (Å²) in [5.41, 5.74) is -0.496. The summed E-state index contributed by atoms with van der Waals surface area (Å²) in [6, 6.07) is 4.61. The van der Waals surface area contributed by atoms with E-state index in [-0.39, 0.29) is 19.3 Å². The van der Waals surface area contributed by atoms with Gasteiger partial charge in [0.1, 0.15) is 6.04 Å². The van der Waals surface area contributed by atoms with E-state index in [0.717, 1.165) is 24.3 Å². The summed E-state index contributed by atoms with van der Waals surface area (Å²) < 4.78 is 37.2. The van der Waals surface area contributed by atoms with E-state index >= 15 is 0 Å². The molecular formula is C14H13F3N2O3. The van der Waals surface area contributed by atoms with E-state index < -0.39 is 29.7 Å². The summed E-state index contributed by atoms with van der Waals surface area (Å²) in [5, 5.41) is 19.5. The van der Waals surface area contributed by atoms with Gasteiger partial charge in [-0.05, 0) is 24.1 Å². The lowest BCUT2D eigenvalue weighted by molar-refractivity contribution is -0.142. The number of nitrogens with zero attached hydrogens (tertiary/aromatic N) is 1. The third-order valence-corrected chi connectivity index (χ3v) is 2.82. The van der Waals surface area contributed by atoms with Gasteiger partial charge < -0.3 is 10.4 Å². The van der Waals surface area contributed by atoms with Gasteiger partial charge in [0.25, 0.3) is 0 Å². The molecule has 0 radical (unpaired) electrons. The summed E-state index contributed by atoms with van der Waals surface area (Å²) in [7, 11) is 0. The Balaban J connectivity index is 2.64. The Morgan fingerprint density at radius 2 is 1.86 bits per heavy atom. The minimum absolute atomic E-state index is 0.0302. The third kappa shape index (κ3) is 5.44. The van der Waals surface area contributed by atoms with Crippen molar-refractivity contribution in [3.63, 3.8) is 0 Å². The van der Waals surface area contributed by atoms with Crippen LogP contribution in [0.4, 0.5) is 13.2 Å². The highest BCUT2D eigenvalue weighted by molar-refractivity contribution is 5.84. The molecule has 2 N–H and O–H groups in total. The van der Waals surface area contributed by atoms with E-state index in [0.29, 0.717) is 5.56 Å². The van der Waals surface area contributed by atoms with E-state index in [2.05, 4.69) is 5.32 Å². The molecule has 1 amide bonds. The smallest absolute Gasteiger partial charge is 0.416 e. The van der Waals surface area contributed by atoms with Crippen molar-refractivity contribution in [3.05, 3.63) is 35.4 Å². The van der Waals surface area contributed by atoms with Crippen molar-refractivity contribution in [2.24, 2.45) is 0 Å². The number of nitriles is 1. The first-order chi connectivity index (χ1) is 10.2. The van der Waals surface area contributed by atoms with Crippen LogP contribution in [0.15, 0.2) is 24.3 Å². The van der Waals surface area contributed by atoms with E-state index in [1.54, 1.807) is 6.07 Å². The lowest BCUT2D eigenvalue weighted by Crippen LogP contribution is -2.41. The standard InChI is InChI=1S/C14H13F3N2O3/c15-14(16,17)10-5-3-9(4-6-10)8-12(20)19-11(13(21)22)2-1-7-18/h3-6,11H,1-2,8H2,(H,19,20)(H,21,22)/t11-/m1/s1. The van der Waals surface area contributed by atoms with Gasteiger partial charge in [-0.25, -0.2) is 4.79 Å². The fraction of sp³-hybridized carbons (Fsp3) is 0.357. The third-order valence-electron chi connectivity index (χ3n) is 2.82. The zero-order valence-corrected chi connectivity index (χ0v) is 11.4. The highest BCUT2D eigenvalue weighted by Gasteiger charge is 2.30. The Labute approximate surface area is 124 Å². The van der Waals surface area contributed by atoms with Gasteiger partial charge in [-0.15, -0.1) is 0 Å². The molecule has 0 aliphatic heterocycles. The minimum Gasteiger partial charge on any atom is -0.480 e. The second-order valence-electron chi connectivity index (χ2n) is 4.53. The summed E-state index contributed by atoms with van der Waals surface area (Å²) in [6.07, 6.45) is -4.76. The Morgan fingerprint density at radius 1 is 1.27 bits per heavy atom. The van der Waals surface area contributed by atoms with Crippen LogP contribution in [0, 0.1) is 11.3 Å². The van der Waals surface area contributed by atoms with Gasteiger partial charge in [-0.2, -0.15) is 18.4 Å². The van der Waals surface area contributed by atoms with Crippen LogP contribution in [-0.4, -0.2) is 23.0 Å². The average molecular weight is 314 g/mol. The molecule has 0 bridgehead atoms. The topological polar surface area (TPSA) is 90.2 Å². The van der Waals surface area contributed by atoms with Crippen LogP contribution in [0.3, 0.4) is 0 Å². The van der Waals surface area contributed by atoms with Crippen molar-refractivity contribution in [2.75, 3.05) is 0 Å². The molecule has 1 atom stereocenters. The number of hydrogen-bond acceptors (Lipinski definition) is 3. The first kappa shape index (κ1) is 17.5. The lowest BCUT2D eigenvalue weighted by Gasteiger charge is -2.13. The molecule has 1 aromatic rings. The molecule has 22 heavy (non-hydrogen) atoms. The predicted molar refractivity (Wildman–Crippen MR) is 69.6 cm³/mol. The normalized spacial score (nSPS) is 12.3.